The summed E-state index contributed by atoms with van der Waals surface area (Å²) in [4.78, 5) is 3.28. The van der Waals surface area contributed by atoms with Gasteiger partial charge >= 0.3 is 6.18 Å². The van der Waals surface area contributed by atoms with Gasteiger partial charge in [-0.25, -0.2) is 8.42 Å². The van der Waals surface area contributed by atoms with Crippen molar-refractivity contribution in [2.75, 3.05) is 0 Å². The van der Waals surface area contributed by atoms with Gasteiger partial charge in [0.15, 0.2) is 0 Å². The Labute approximate surface area is 192 Å². The summed E-state index contributed by atoms with van der Waals surface area (Å²) in [5, 5.41) is 0.681. The van der Waals surface area contributed by atoms with E-state index in [2.05, 4.69) is 4.98 Å². The smallest absolute Gasteiger partial charge is 0.358 e. The van der Waals surface area contributed by atoms with E-state index in [1.165, 1.54) is 0 Å². The molecule has 0 spiro atoms. The predicted octanol–water partition coefficient (Wildman–Crippen LogP) is 6.33. The second kappa shape index (κ2) is 8.17. The molecule has 178 valence electrons. The fourth-order valence-corrected chi connectivity index (χ4v) is 6.59. The topological polar surface area (TPSA) is 62.0 Å². The Bertz CT molecular complexity index is 1310. The number of hydrogen-bond acceptors (Lipinski definition) is 2. The molecule has 2 aromatic carbocycles. The van der Waals surface area contributed by atoms with Crippen LogP contribution < -0.4 is 4.72 Å². The molecule has 4 nitrogen and oxygen atoms in total. The number of aromatic amines is 1. The lowest BCUT2D eigenvalue weighted by molar-refractivity contribution is -0.150. The summed E-state index contributed by atoms with van der Waals surface area (Å²) in [5.41, 5.74) is 3.88. The molecule has 2 atom stereocenters. The summed E-state index contributed by atoms with van der Waals surface area (Å²) >= 11 is 0. The molecule has 1 aliphatic heterocycles. The van der Waals surface area contributed by atoms with Crippen LogP contribution in [0.5, 0.6) is 0 Å². The number of aromatic nitrogens is 1. The van der Waals surface area contributed by atoms with Crippen molar-refractivity contribution in [3.8, 4) is 0 Å². The zero-order chi connectivity index (χ0) is 24.3. The summed E-state index contributed by atoms with van der Waals surface area (Å²) in [6.07, 6.45) is -5.22. The van der Waals surface area contributed by atoms with E-state index in [-0.39, 0.29) is 16.7 Å². The molecule has 33 heavy (non-hydrogen) atoms. The lowest BCUT2D eigenvalue weighted by Gasteiger charge is -2.25. The van der Waals surface area contributed by atoms with Crippen molar-refractivity contribution in [1.29, 1.82) is 0 Å². The minimum atomic E-state index is -4.74. The summed E-state index contributed by atoms with van der Waals surface area (Å²) in [6.45, 7) is 9.63. The molecule has 2 N–H and O–H groups in total. The van der Waals surface area contributed by atoms with Crippen LogP contribution in [0.4, 0.5) is 13.2 Å². The number of sulfonamides is 1. The second-order valence-corrected chi connectivity index (χ2v) is 11.2. The van der Waals surface area contributed by atoms with Gasteiger partial charge < -0.3 is 4.98 Å². The van der Waals surface area contributed by atoms with Crippen molar-refractivity contribution in [2.24, 2.45) is 0 Å². The van der Waals surface area contributed by atoms with E-state index >= 15 is 0 Å². The molecule has 2 unspecified atom stereocenters. The first-order chi connectivity index (χ1) is 15.3. The fourth-order valence-electron chi connectivity index (χ4n) is 4.73. The van der Waals surface area contributed by atoms with E-state index in [1.54, 1.807) is 12.1 Å². The first kappa shape index (κ1) is 23.8. The van der Waals surface area contributed by atoms with Crippen LogP contribution in [0.3, 0.4) is 0 Å². The molecular weight excluding hydrogens is 449 g/mol. The molecular formula is C25H29F3N2O2S. The molecule has 0 bridgehead atoms. The van der Waals surface area contributed by atoms with Crippen LogP contribution in [0, 0.1) is 0 Å². The van der Waals surface area contributed by atoms with Crippen LogP contribution >= 0.6 is 0 Å². The summed E-state index contributed by atoms with van der Waals surface area (Å²) < 4.78 is 71.4. The molecule has 4 rings (SSSR count). The fraction of sp³-hybridized carbons (Fsp3) is 0.440. The maximum Gasteiger partial charge on any atom is 0.405 e. The molecule has 2 heterocycles. The number of halogens is 3. The number of para-hydroxylation sites is 1. The molecule has 3 aromatic rings. The van der Waals surface area contributed by atoms with Gasteiger partial charge in [0.2, 0.25) is 10.0 Å². The molecule has 8 heteroatoms. The normalized spacial score (nSPS) is 20.9. The highest BCUT2D eigenvalue weighted by molar-refractivity contribution is 7.89. The summed E-state index contributed by atoms with van der Waals surface area (Å²) in [5.74, 6) is -0.496. The van der Waals surface area contributed by atoms with E-state index in [0.29, 0.717) is 27.8 Å². The number of benzene rings is 2. The minimum absolute atomic E-state index is 0.0323. The van der Waals surface area contributed by atoms with Gasteiger partial charge in [-0.3, -0.25) is 0 Å². The average Bonchev–Trinajstić information content (AvgIpc) is 3.09. The van der Waals surface area contributed by atoms with Crippen LogP contribution in [0.1, 0.15) is 80.3 Å². The van der Waals surface area contributed by atoms with Crippen molar-refractivity contribution in [2.45, 2.75) is 75.9 Å². The Kier molecular flexibility index (Phi) is 5.90. The number of rotatable bonds is 2. The van der Waals surface area contributed by atoms with Gasteiger partial charge in [-0.05, 0) is 46.6 Å². The van der Waals surface area contributed by atoms with E-state index in [1.807, 2.05) is 63.6 Å². The number of nitrogens with one attached hydrogen (secondary N) is 2. The maximum absolute atomic E-state index is 14.1. The number of H-pyrrole nitrogens is 1. The van der Waals surface area contributed by atoms with E-state index in [4.69, 9.17) is 0 Å². The highest BCUT2D eigenvalue weighted by Gasteiger charge is 2.45. The molecule has 0 amide bonds. The Morgan fingerprint density at radius 1 is 1.03 bits per heavy atom. The van der Waals surface area contributed by atoms with Crippen LogP contribution in [-0.2, 0) is 16.4 Å². The Hall–Kier alpha value is -2.32. The lowest BCUT2D eigenvalue weighted by Crippen LogP contribution is -2.47. The molecule has 0 radical (unpaired) electrons. The van der Waals surface area contributed by atoms with Gasteiger partial charge in [-0.1, -0.05) is 65.0 Å². The van der Waals surface area contributed by atoms with Crippen molar-refractivity contribution in [3.63, 3.8) is 0 Å². The molecule has 0 aliphatic carbocycles. The van der Waals surface area contributed by atoms with Gasteiger partial charge in [-0.2, -0.15) is 17.9 Å². The zero-order valence-electron chi connectivity index (χ0n) is 19.3. The third kappa shape index (κ3) is 4.19. The van der Waals surface area contributed by atoms with Crippen molar-refractivity contribution in [1.82, 2.24) is 9.71 Å². The van der Waals surface area contributed by atoms with Crippen LogP contribution in [0.25, 0.3) is 10.9 Å². The molecule has 1 aliphatic rings. The molecule has 0 fully saturated rings. The number of hydrogen-bond donors (Lipinski definition) is 2. The van der Waals surface area contributed by atoms with Gasteiger partial charge in [0.1, 0.15) is 6.04 Å². The van der Waals surface area contributed by atoms with E-state index < -0.39 is 34.6 Å². The quantitative estimate of drug-likeness (QED) is 0.452. The van der Waals surface area contributed by atoms with E-state index in [0.717, 1.165) is 11.1 Å². The Balaban J connectivity index is 2.12. The predicted molar refractivity (Wildman–Crippen MR) is 124 cm³/mol. The second-order valence-electron chi connectivity index (χ2n) is 9.54. The van der Waals surface area contributed by atoms with Crippen molar-refractivity contribution < 1.29 is 21.6 Å². The van der Waals surface area contributed by atoms with Crippen molar-refractivity contribution >= 4 is 20.9 Å². The third-order valence-corrected chi connectivity index (χ3v) is 8.18. The first-order valence-electron chi connectivity index (χ1n) is 11.2. The molecule has 1 aromatic heterocycles. The average molecular weight is 479 g/mol. The maximum atomic E-state index is 14.1. The lowest BCUT2D eigenvalue weighted by atomic mass is 9.86. The zero-order valence-corrected chi connectivity index (χ0v) is 20.2. The van der Waals surface area contributed by atoms with Gasteiger partial charge in [-0.15, -0.1) is 0 Å². The highest BCUT2D eigenvalue weighted by Crippen LogP contribution is 2.42. The van der Waals surface area contributed by atoms with Crippen LogP contribution in [0.15, 0.2) is 41.3 Å². The van der Waals surface area contributed by atoms with Gasteiger partial charge in [0.05, 0.1) is 4.90 Å². The number of fused-ring (bicyclic) bond motifs is 4. The van der Waals surface area contributed by atoms with E-state index in [9.17, 15) is 21.6 Å². The monoisotopic (exact) mass is 478 g/mol. The third-order valence-electron chi connectivity index (χ3n) is 6.57. The highest BCUT2D eigenvalue weighted by atomic mass is 32.2. The summed E-state index contributed by atoms with van der Waals surface area (Å²) in [6, 6.07) is 8.66. The number of alkyl halides is 3. The minimum Gasteiger partial charge on any atom is -0.358 e. The SMILES string of the molecule is CC(C)c1cc(C(C)C)c2c(c1)C(C)c1[nH]c3ccccc3c1CC(C(F)(F)F)NS2(=O)=O. The summed E-state index contributed by atoms with van der Waals surface area (Å²) in [7, 11) is -4.44. The standard InChI is InChI=1S/C25H29F3N2O2S/c1-13(2)16-10-18(14(3)4)24-19(11-16)15(5)23-20(17-8-6-7-9-21(17)29-23)12-22(25(26,27)28)30-33(24,31)32/h6-11,13-15,22,29-30H,12H2,1-5H3. The van der Waals surface area contributed by atoms with Crippen LogP contribution in [0.2, 0.25) is 0 Å². The largest absolute Gasteiger partial charge is 0.405 e. The van der Waals surface area contributed by atoms with Crippen LogP contribution in [-0.4, -0.2) is 25.6 Å². The Morgan fingerprint density at radius 3 is 2.30 bits per heavy atom. The first-order valence-corrected chi connectivity index (χ1v) is 12.7. The van der Waals surface area contributed by atoms with Crippen molar-refractivity contribution in [3.05, 3.63) is 64.3 Å². The van der Waals surface area contributed by atoms with Gasteiger partial charge in [0.25, 0.3) is 0 Å². The molecule has 0 saturated carbocycles. The molecule has 0 saturated heterocycles. The van der Waals surface area contributed by atoms with Gasteiger partial charge in [0, 0.05) is 22.5 Å². The Morgan fingerprint density at radius 2 is 1.70 bits per heavy atom.